The molecule has 20 heavy (non-hydrogen) atoms. The molecule has 6 heteroatoms. The van der Waals surface area contributed by atoms with Crippen molar-refractivity contribution in [3.05, 3.63) is 0 Å². The second-order valence-electron chi connectivity index (χ2n) is 6.39. The molecule has 1 heterocycles. The number of carboxylic acid groups (broad SMARTS) is 1. The molecule has 0 bridgehead atoms. The van der Waals surface area contributed by atoms with Crippen LogP contribution < -0.4 is 5.32 Å². The first-order valence-corrected chi connectivity index (χ1v) is 7.37. The summed E-state index contributed by atoms with van der Waals surface area (Å²) >= 11 is 0. The minimum atomic E-state index is -0.771. The lowest BCUT2D eigenvalue weighted by molar-refractivity contribution is -0.141. The minimum Gasteiger partial charge on any atom is -0.481 e. The normalized spacial score (nSPS) is 25.9. The van der Waals surface area contributed by atoms with Gasteiger partial charge in [0.1, 0.15) is 0 Å². The number of piperazine rings is 1. The van der Waals surface area contributed by atoms with E-state index < -0.39 is 5.97 Å². The summed E-state index contributed by atoms with van der Waals surface area (Å²) in [6, 6.07) is 0.146. The van der Waals surface area contributed by atoms with Crippen LogP contribution in [-0.4, -0.2) is 66.2 Å². The standard InChI is InChI=1S/C14H25N3O3/c1-11-9-16(2)6-7-17(11)13(20)15-10-14(4-3-5-14)8-12(18)19/h11H,3-10H2,1-2H3,(H,15,20)(H,18,19). The number of hydrogen-bond acceptors (Lipinski definition) is 3. The highest BCUT2D eigenvalue weighted by atomic mass is 16.4. The molecule has 1 atom stereocenters. The molecule has 0 aromatic rings. The van der Waals surface area contributed by atoms with Crippen LogP contribution in [0.5, 0.6) is 0 Å². The Morgan fingerprint density at radius 2 is 2.05 bits per heavy atom. The maximum atomic E-state index is 12.2. The van der Waals surface area contributed by atoms with Crippen molar-refractivity contribution in [1.29, 1.82) is 0 Å². The van der Waals surface area contributed by atoms with Crippen molar-refractivity contribution in [2.24, 2.45) is 5.41 Å². The van der Waals surface area contributed by atoms with Crippen molar-refractivity contribution in [2.45, 2.75) is 38.6 Å². The average Bonchev–Trinajstić information content (AvgIpc) is 2.31. The zero-order chi connectivity index (χ0) is 14.8. The molecule has 0 spiro atoms. The van der Waals surface area contributed by atoms with E-state index in [-0.39, 0.29) is 23.9 Å². The van der Waals surface area contributed by atoms with Crippen LogP contribution in [0.15, 0.2) is 0 Å². The molecule has 1 saturated carbocycles. The van der Waals surface area contributed by atoms with Crippen molar-refractivity contribution in [2.75, 3.05) is 33.2 Å². The summed E-state index contributed by atoms with van der Waals surface area (Å²) in [5.41, 5.74) is -0.211. The van der Waals surface area contributed by atoms with Gasteiger partial charge in [-0.05, 0) is 32.2 Å². The number of nitrogens with one attached hydrogen (secondary N) is 1. The van der Waals surface area contributed by atoms with Gasteiger partial charge in [-0.25, -0.2) is 4.79 Å². The van der Waals surface area contributed by atoms with Gasteiger partial charge in [-0.1, -0.05) is 6.42 Å². The summed E-state index contributed by atoms with van der Waals surface area (Å²) in [7, 11) is 2.06. The van der Waals surface area contributed by atoms with Crippen LogP contribution >= 0.6 is 0 Å². The van der Waals surface area contributed by atoms with Gasteiger partial charge in [0.2, 0.25) is 0 Å². The number of hydrogen-bond donors (Lipinski definition) is 2. The van der Waals surface area contributed by atoms with Crippen molar-refractivity contribution < 1.29 is 14.7 Å². The molecule has 2 fully saturated rings. The van der Waals surface area contributed by atoms with Crippen LogP contribution in [0.3, 0.4) is 0 Å². The molecular weight excluding hydrogens is 258 g/mol. The van der Waals surface area contributed by atoms with E-state index in [1.54, 1.807) is 0 Å². The summed E-state index contributed by atoms with van der Waals surface area (Å²) < 4.78 is 0. The third-order valence-electron chi connectivity index (χ3n) is 4.65. The summed E-state index contributed by atoms with van der Waals surface area (Å²) in [5.74, 6) is -0.771. The number of carbonyl (C=O) groups is 2. The van der Waals surface area contributed by atoms with E-state index in [1.165, 1.54) is 0 Å². The summed E-state index contributed by atoms with van der Waals surface area (Å²) in [6.45, 7) is 5.03. The van der Waals surface area contributed by atoms with E-state index in [1.807, 2.05) is 11.8 Å². The van der Waals surface area contributed by atoms with Crippen molar-refractivity contribution in [3.63, 3.8) is 0 Å². The van der Waals surface area contributed by atoms with Crippen molar-refractivity contribution >= 4 is 12.0 Å². The molecule has 2 rings (SSSR count). The van der Waals surface area contributed by atoms with Crippen LogP contribution in [0.2, 0.25) is 0 Å². The molecule has 2 N–H and O–H groups in total. The quantitative estimate of drug-likeness (QED) is 0.806. The van der Waals surface area contributed by atoms with Gasteiger partial charge in [0, 0.05) is 32.2 Å². The molecular formula is C14H25N3O3. The Bertz CT molecular complexity index is 382. The first-order valence-electron chi connectivity index (χ1n) is 7.37. The topological polar surface area (TPSA) is 72.9 Å². The molecule has 0 aromatic heterocycles. The first-order chi connectivity index (χ1) is 9.42. The molecule has 2 amide bonds. The van der Waals surface area contributed by atoms with Crippen LogP contribution in [0.1, 0.15) is 32.6 Å². The molecule has 0 radical (unpaired) electrons. The van der Waals surface area contributed by atoms with Gasteiger partial charge in [-0.3, -0.25) is 4.79 Å². The minimum absolute atomic E-state index is 0.0535. The highest BCUT2D eigenvalue weighted by Crippen LogP contribution is 2.43. The van der Waals surface area contributed by atoms with Crippen LogP contribution in [0.25, 0.3) is 0 Å². The Balaban J connectivity index is 1.84. The molecule has 1 aliphatic carbocycles. The Labute approximate surface area is 120 Å². The number of nitrogens with zero attached hydrogens (tertiary/aromatic N) is 2. The van der Waals surface area contributed by atoms with E-state index in [0.717, 1.165) is 38.9 Å². The predicted molar refractivity (Wildman–Crippen MR) is 75.6 cm³/mol. The van der Waals surface area contributed by atoms with Crippen LogP contribution in [0, 0.1) is 5.41 Å². The first kappa shape index (κ1) is 15.1. The van der Waals surface area contributed by atoms with Gasteiger partial charge in [-0.2, -0.15) is 0 Å². The maximum absolute atomic E-state index is 12.2. The van der Waals surface area contributed by atoms with E-state index >= 15 is 0 Å². The van der Waals surface area contributed by atoms with Gasteiger partial charge < -0.3 is 20.2 Å². The summed E-state index contributed by atoms with van der Waals surface area (Å²) in [5, 5.41) is 11.9. The van der Waals surface area contributed by atoms with Crippen molar-refractivity contribution in [3.8, 4) is 0 Å². The number of aliphatic carboxylic acids is 1. The maximum Gasteiger partial charge on any atom is 0.317 e. The lowest BCUT2D eigenvalue weighted by Gasteiger charge is -2.42. The highest BCUT2D eigenvalue weighted by molar-refractivity contribution is 5.75. The second-order valence-corrected chi connectivity index (χ2v) is 6.39. The Morgan fingerprint density at radius 3 is 2.55 bits per heavy atom. The number of amides is 2. The van der Waals surface area contributed by atoms with Gasteiger partial charge in [0.05, 0.1) is 6.42 Å². The molecule has 0 aromatic carbocycles. The van der Waals surface area contributed by atoms with Gasteiger partial charge in [0.15, 0.2) is 0 Å². The molecule has 6 nitrogen and oxygen atoms in total. The smallest absolute Gasteiger partial charge is 0.317 e. The van der Waals surface area contributed by atoms with Crippen LogP contribution in [-0.2, 0) is 4.79 Å². The fourth-order valence-electron chi connectivity index (χ4n) is 3.22. The lowest BCUT2D eigenvalue weighted by atomic mass is 9.66. The molecule has 1 saturated heterocycles. The number of likely N-dealkylation sites (N-methyl/N-ethyl adjacent to an activating group) is 1. The van der Waals surface area contributed by atoms with Crippen LogP contribution in [0.4, 0.5) is 4.79 Å². The third kappa shape index (κ3) is 3.42. The van der Waals surface area contributed by atoms with E-state index in [2.05, 4.69) is 17.3 Å². The highest BCUT2D eigenvalue weighted by Gasteiger charge is 2.39. The summed E-state index contributed by atoms with van der Waals surface area (Å²) in [6.07, 6.45) is 3.02. The number of carboxylic acids is 1. The fraction of sp³-hybridized carbons (Fsp3) is 0.857. The fourth-order valence-corrected chi connectivity index (χ4v) is 3.22. The monoisotopic (exact) mass is 283 g/mol. The average molecular weight is 283 g/mol. The molecule has 1 aliphatic heterocycles. The van der Waals surface area contributed by atoms with Gasteiger partial charge in [-0.15, -0.1) is 0 Å². The molecule has 2 aliphatic rings. The number of urea groups is 1. The molecule has 114 valence electrons. The second kappa shape index (κ2) is 5.99. The SMILES string of the molecule is CC1CN(C)CCN1C(=O)NCC1(CC(=O)O)CCC1. The Morgan fingerprint density at radius 1 is 1.35 bits per heavy atom. The largest absolute Gasteiger partial charge is 0.481 e. The van der Waals surface area contributed by atoms with E-state index in [0.29, 0.717) is 6.54 Å². The van der Waals surface area contributed by atoms with Gasteiger partial charge >= 0.3 is 12.0 Å². The van der Waals surface area contributed by atoms with E-state index in [4.69, 9.17) is 5.11 Å². The van der Waals surface area contributed by atoms with E-state index in [9.17, 15) is 9.59 Å². The summed E-state index contributed by atoms with van der Waals surface area (Å²) in [4.78, 5) is 27.2. The predicted octanol–water partition coefficient (Wildman–Crippen LogP) is 0.977. The van der Waals surface area contributed by atoms with Crippen molar-refractivity contribution in [1.82, 2.24) is 15.1 Å². The number of rotatable bonds is 4. The third-order valence-corrected chi connectivity index (χ3v) is 4.65. The molecule has 1 unspecified atom stereocenters. The van der Waals surface area contributed by atoms with Gasteiger partial charge in [0.25, 0.3) is 0 Å². The zero-order valence-electron chi connectivity index (χ0n) is 12.4. The Kier molecular flexibility index (Phi) is 4.52. The number of carbonyl (C=O) groups excluding carboxylic acids is 1. The lowest BCUT2D eigenvalue weighted by Crippen LogP contribution is -2.57. The zero-order valence-corrected chi connectivity index (χ0v) is 12.4. The Hall–Kier alpha value is -1.30.